The Balaban J connectivity index is 1.97. The van der Waals surface area contributed by atoms with Gasteiger partial charge >= 0.3 is 6.09 Å². The van der Waals surface area contributed by atoms with E-state index in [1.807, 2.05) is 0 Å². The highest BCUT2D eigenvalue weighted by atomic mass is 16.6. The number of rotatable bonds is 4. The van der Waals surface area contributed by atoms with Crippen molar-refractivity contribution >= 4 is 17.7 Å². The second-order valence-corrected chi connectivity index (χ2v) is 7.02. The van der Waals surface area contributed by atoms with Gasteiger partial charge in [-0.15, -0.1) is 0 Å². The summed E-state index contributed by atoms with van der Waals surface area (Å²) >= 11 is 0. The van der Waals surface area contributed by atoms with Gasteiger partial charge in [0.25, 0.3) is 5.69 Å². The van der Waals surface area contributed by atoms with Crippen LogP contribution < -0.4 is 5.32 Å². The second-order valence-electron chi connectivity index (χ2n) is 7.02. The summed E-state index contributed by atoms with van der Waals surface area (Å²) in [4.78, 5) is 36.3. The first-order chi connectivity index (χ1) is 11.7. The van der Waals surface area contributed by atoms with Crippen LogP contribution >= 0.6 is 0 Å². The first kappa shape index (κ1) is 18.7. The monoisotopic (exact) mass is 349 g/mol. The maximum atomic E-state index is 12.6. The highest BCUT2D eigenvalue weighted by Gasteiger charge is 2.31. The Bertz CT molecular complexity index is 651. The maximum absolute atomic E-state index is 12.6. The van der Waals surface area contributed by atoms with Crippen molar-refractivity contribution in [2.45, 2.75) is 51.8 Å². The van der Waals surface area contributed by atoms with Crippen molar-refractivity contribution in [3.8, 4) is 0 Å². The molecule has 25 heavy (non-hydrogen) atoms. The van der Waals surface area contributed by atoms with Crippen LogP contribution in [0.5, 0.6) is 0 Å². The van der Waals surface area contributed by atoms with Gasteiger partial charge in [-0.3, -0.25) is 14.9 Å². The van der Waals surface area contributed by atoms with E-state index in [9.17, 15) is 19.7 Å². The van der Waals surface area contributed by atoms with Crippen LogP contribution in [0.4, 0.5) is 10.5 Å². The lowest BCUT2D eigenvalue weighted by Crippen LogP contribution is -2.52. The molecule has 8 heteroatoms. The summed E-state index contributed by atoms with van der Waals surface area (Å²) in [6.07, 6.45) is 0.719. The van der Waals surface area contributed by atoms with E-state index in [4.69, 9.17) is 4.74 Å². The van der Waals surface area contributed by atoms with Crippen LogP contribution in [0.15, 0.2) is 24.3 Å². The fourth-order valence-corrected chi connectivity index (χ4v) is 2.62. The molecule has 1 aromatic carbocycles. The third-order valence-corrected chi connectivity index (χ3v) is 3.74. The summed E-state index contributed by atoms with van der Waals surface area (Å²) in [6.45, 7) is 6.22. The number of piperidine rings is 1. The van der Waals surface area contributed by atoms with Crippen molar-refractivity contribution < 1.29 is 19.2 Å². The zero-order chi connectivity index (χ0) is 18.6. The normalized spacial score (nSPS) is 18.0. The number of nitrogens with one attached hydrogen (secondary N) is 1. The molecular formula is C17H23N3O5. The number of ether oxygens (including phenoxy) is 1. The molecule has 0 radical (unpaired) electrons. The van der Waals surface area contributed by atoms with E-state index in [1.54, 1.807) is 37.8 Å². The van der Waals surface area contributed by atoms with Crippen LogP contribution in [0.25, 0.3) is 0 Å². The fraction of sp³-hybridized carbons (Fsp3) is 0.529. The molecule has 1 aliphatic rings. The van der Waals surface area contributed by atoms with Gasteiger partial charge in [0.05, 0.1) is 4.92 Å². The Hall–Kier alpha value is -2.64. The third kappa shape index (κ3) is 5.44. The topological polar surface area (TPSA) is 102 Å². The van der Waals surface area contributed by atoms with E-state index in [0.29, 0.717) is 19.5 Å². The number of hydrogen-bond donors (Lipinski definition) is 1. The summed E-state index contributed by atoms with van der Waals surface area (Å²) in [6, 6.07) is 5.49. The predicted octanol–water partition coefficient (Wildman–Crippen LogP) is 2.61. The average Bonchev–Trinajstić information content (AvgIpc) is 2.50. The Morgan fingerprint density at radius 1 is 1.36 bits per heavy atom. The van der Waals surface area contributed by atoms with E-state index < -0.39 is 22.7 Å². The van der Waals surface area contributed by atoms with E-state index in [0.717, 1.165) is 12.0 Å². The molecule has 1 atom stereocenters. The van der Waals surface area contributed by atoms with Gasteiger partial charge in [0.15, 0.2) is 0 Å². The number of nitro benzene ring substituents is 1. The van der Waals surface area contributed by atoms with Crippen molar-refractivity contribution in [1.29, 1.82) is 0 Å². The van der Waals surface area contributed by atoms with Crippen LogP contribution in [-0.4, -0.2) is 40.0 Å². The molecule has 0 saturated carbocycles. The first-order valence-electron chi connectivity index (χ1n) is 8.17. The van der Waals surface area contributed by atoms with Crippen LogP contribution in [0.2, 0.25) is 0 Å². The zero-order valence-corrected chi connectivity index (χ0v) is 14.7. The average molecular weight is 349 g/mol. The molecule has 1 aliphatic heterocycles. The Morgan fingerprint density at radius 3 is 2.56 bits per heavy atom. The largest absolute Gasteiger partial charge is 0.444 e. The minimum Gasteiger partial charge on any atom is -0.444 e. The molecule has 1 N–H and O–H groups in total. The second kappa shape index (κ2) is 7.50. The molecule has 1 unspecified atom stereocenters. The number of carbonyl (C=O) groups is 2. The SMILES string of the molecule is CC(C)(C)OC(=O)NC1CCCN(Cc2ccc([N+](=O)[O-])cc2)C1=O. The third-order valence-electron chi connectivity index (χ3n) is 3.74. The number of hydrogen-bond acceptors (Lipinski definition) is 5. The summed E-state index contributed by atoms with van der Waals surface area (Å²) in [5.41, 5.74) is 0.190. The summed E-state index contributed by atoms with van der Waals surface area (Å²) in [7, 11) is 0. The number of alkyl carbamates (subject to hydrolysis) is 1. The van der Waals surface area contributed by atoms with Gasteiger partial charge in [0.1, 0.15) is 11.6 Å². The van der Waals surface area contributed by atoms with Gasteiger partial charge in [0.2, 0.25) is 5.91 Å². The van der Waals surface area contributed by atoms with Gasteiger partial charge < -0.3 is 15.0 Å². The Morgan fingerprint density at radius 2 is 2.00 bits per heavy atom. The summed E-state index contributed by atoms with van der Waals surface area (Å²) in [5, 5.41) is 13.3. The van der Waals surface area contributed by atoms with Crippen LogP contribution in [-0.2, 0) is 16.1 Å². The first-order valence-corrected chi connectivity index (χ1v) is 8.17. The Labute approximate surface area is 146 Å². The highest BCUT2D eigenvalue weighted by Crippen LogP contribution is 2.18. The van der Waals surface area contributed by atoms with Gasteiger partial charge in [-0.25, -0.2) is 4.79 Å². The van der Waals surface area contributed by atoms with Crippen LogP contribution in [0, 0.1) is 10.1 Å². The lowest BCUT2D eigenvalue weighted by atomic mass is 10.0. The molecule has 1 aromatic rings. The number of benzene rings is 1. The van der Waals surface area contributed by atoms with Crippen molar-refractivity contribution in [2.24, 2.45) is 0 Å². The highest BCUT2D eigenvalue weighted by molar-refractivity contribution is 5.86. The van der Waals surface area contributed by atoms with Gasteiger partial charge in [-0.1, -0.05) is 12.1 Å². The summed E-state index contributed by atoms with van der Waals surface area (Å²) < 4.78 is 5.19. The molecule has 0 aliphatic carbocycles. The van der Waals surface area contributed by atoms with E-state index in [1.165, 1.54) is 12.1 Å². The van der Waals surface area contributed by atoms with Crippen LogP contribution in [0.1, 0.15) is 39.2 Å². The quantitative estimate of drug-likeness (QED) is 0.665. The van der Waals surface area contributed by atoms with Gasteiger partial charge in [-0.05, 0) is 39.2 Å². The van der Waals surface area contributed by atoms with Gasteiger partial charge in [0, 0.05) is 25.2 Å². The number of likely N-dealkylation sites (tertiary alicyclic amines) is 1. The number of non-ortho nitro benzene ring substituents is 1. The minimum atomic E-state index is -0.625. The lowest BCUT2D eigenvalue weighted by molar-refractivity contribution is -0.384. The molecule has 1 saturated heterocycles. The van der Waals surface area contributed by atoms with E-state index in [2.05, 4.69) is 5.32 Å². The molecule has 8 nitrogen and oxygen atoms in total. The van der Waals surface area contributed by atoms with Crippen molar-refractivity contribution in [3.63, 3.8) is 0 Å². The molecular weight excluding hydrogens is 326 g/mol. The molecule has 0 aromatic heterocycles. The summed E-state index contributed by atoms with van der Waals surface area (Å²) in [5.74, 6) is -0.171. The zero-order valence-electron chi connectivity index (χ0n) is 14.7. The van der Waals surface area contributed by atoms with E-state index in [-0.39, 0.29) is 11.6 Å². The molecule has 1 fully saturated rings. The fourth-order valence-electron chi connectivity index (χ4n) is 2.62. The standard InChI is InChI=1S/C17H23N3O5/c1-17(2,3)25-16(22)18-14-5-4-10-19(15(14)21)11-12-6-8-13(9-7-12)20(23)24/h6-9,14H,4-5,10-11H2,1-3H3,(H,18,22). The van der Waals surface area contributed by atoms with Crippen molar-refractivity contribution in [3.05, 3.63) is 39.9 Å². The lowest BCUT2D eigenvalue weighted by Gasteiger charge is -2.33. The molecule has 1 heterocycles. The number of carbonyl (C=O) groups excluding carboxylic acids is 2. The molecule has 0 spiro atoms. The predicted molar refractivity (Wildman–Crippen MR) is 90.9 cm³/mol. The van der Waals surface area contributed by atoms with Crippen LogP contribution in [0.3, 0.4) is 0 Å². The van der Waals surface area contributed by atoms with Crippen molar-refractivity contribution in [1.82, 2.24) is 10.2 Å². The number of nitro groups is 1. The molecule has 2 rings (SSSR count). The molecule has 136 valence electrons. The maximum Gasteiger partial charge on any atom is 0.408 e. The van der Waals surface area contributed by atoms with E-state index >= 15 is 0 Å². The van der Waals surface area contributed by atoms with Gasteiger partial charge in [-0.2, -0.15) is 0 Å². The van der Waals surface area contributed by atoms with Crippen molar-refractivity contribution in [2.75, 3.05) is 6.54 Å². The Kier molecular flexibility index (Phi) is 5.61. The number of amides is 2. The minimum absolute atomic E-state index is 0.0122. The number of nitrogens with zero attached hydrogens (tertiary/aromatic N) is 2. The molecule has 2 amide bonds. The molecule has 0 bridgehead atoms. The smallest absolute Gasteiger partial charge is 0.408 e.